The zero-order valence-electron chi connectivity index (χ0n) is 13.3. The summed E-state index contributed by atoms with van der Waals surface area (Å²) < 4.78 is 14.6. The van der Waals surface area contributed by atoms with Crippen LogP contribution in [0.4, 0.5) is 4.39 Å². The van der Waals surface area contributed by atoms with E-state index in [2.05, 4.69) is 15.7 Å². The fourth-order valence-electron chi connectivity index (χ4n) is 3.08. The van der Waals surface area contributed by atoms with E-state index < -0.39 is 11.6 Å². The third-order valence-electron chi connectivity index (χ3n) is 4.51. The topological polar surface area (TPSA) is 79.2 Å². The van der Waals surface area contributed by atoms with Gasteiger partial charge in [-0.25, -0.2) is 4.39 Å². The Kier molecular flexibility index (Phi) is 4.92. The second kappa shape index (κ2) is 7.11. The zero-order chi connectivity index (χ0) is 17.0. The molecule has 1 amide bonds. The van der Waals surface area contributed by atoms with E-state index in [0.29, 0.717) is 18.4 Å². The third-order valence-corrected chi connectivity index (χ3v) is 4.51. The number of aliphatic hydroxyl groups excluding tert-OH is 1. The van der Waals surface area contributed by atoms with Crippen molar-refractivity contribution < 1.29 is 14.3 Å². The smallest absolute Gasteiger partial charge is 0.248 e. The maximum Gasteiger partial charge on any atom is 0.248 e. The van der Waals surface area contributed by atoms with Crippen molar-refractivity contribution in [3.8, 4) is 0 Å². The molecule has 1 aromatic heterocycles. The highest BCUT2D eigenvalue weighted by Gasteiger charge is 2.41. The normalized spacial score (nSPS) is 18.1. The van der Waals surface area contributed by atoms with Crippen LogP contribution in [0.3, 0.4) is 0 Å². The fraction of sp³-hybridized carbons (Fsp3) is 0.412. The molecule has 7 heteroatoms. The van der Waals surface area contributed by atoms with Gasteiger partial charge in [-0.1, -0.05) is 12.1 Å². The molecule has 1 unspecified atom stereocenters. The summed E-state index contributed by atoms with van der Waals surface area (Å²) in [6, 6.07) is 7.40. The predicted octanol–water partition coefficient (Wildman–Crippen LogP) is 0.951. The minimum absolute atomic E-state index is 0.0704. The summed E-state index contributed by atoms with van der Waals surface area (Å²) in [6.07, 6.45) is 3.83. The van der Waals surface area contributed by atoms with Crippen LogP contribution in [-0.2, 0) is 10.3 Å². The van der Waals surface area contributed by atoms with E-state index in [1.807, 2.05) is 0 Å². The number of nitrogens with zero attached hydrogens (tertiary/aromatic N) is 2. The average molecular weight is 332 g/mol. The van der Waals surface area contributed by atoms with E-state index in [1.54, 1.807) is 23.1 Å². The van der Waals surface area contributed by atoms with E-state index in [9.17, 15) is 14.3 Å². The molecule has 0 aliphatic carbocycles. The number of hydrogen-bond donors (Lipinski definition) is 3. The molecule has 24 heavy (non-hydrogen) atoms. The lowest BCUT2D eigenvalue weighted by Gasteiger charge is -2.36. The monoisotopic (exact) mass is 332 g/mol. The summed E-state index contributed by atoms with van der Waals surface area (Å²) in [5.74, 6) is -0.517. The number of nitrogens with one attached hydrogen (secondary N) is 2. The van der Waals surface area contributed by atoms with E-state index in [-0.39, 0.29) is 18.3 Å². The summed E-state index contributed by atoms with van der Waals surface area (Å²) in [6.45, 7) is 1.53. The van der Waals surface area contributed by atoms with Crippen molar-refractivity contribution in [2.75, 3.05) is 19.6 Å². The lowest BCUT2D eigenvalue weighted by molar-refractivity contribution is -0.132. The van der Waals surface area contributed by atoms with E-state index in [4.69, 9.17) is 0 Å². The van der Waals surface area contributed by atoms with Crippen LogP contribution in [0, 0.1) is 5.82 Å². The first-order chi connectivity index (χ1) is 11.6. The number of rotatable bonds is 5. The largest absolute Gasteiger partial charge is 0.387 e. The highest BCUT2D eigenvalue weighted by atomic mass is 19.1. The molecule has 3 N–H and O–H groups in total. The lowest BCUT2D eigenvalue weighted by Crippen LogP contribution is -2.55. The van der Waals surface area contributed by atoms with Crippen molar-refractivity contribution >= 4 is 5.91 Å². The van der Waals surface area contributed by atoms with E-state index in [0.717, 1.165) is 13.1 Å². The van der Waals surface area contributed by atoms with Crippen LogP contribution in [0.5, 0.6) is 0 Å². The van der Waals surface area contributed by atoms with Gasteiger partial charge < -0.3 is 15.7 Å². The Balaban J connectivity index is 1.69. The van der Waals surface area contributed by atoms with Crippen LogP contribution in [0.25, 0.3) is 0 Å². The van der Waals surface area contributed by atoms with Crippen LogP contribution in [0.2, 0.25) is 0 Å². The number of hydrogen-bond acceptors (Lipinski definition) is 4. The Morgan fingerprint density at radius 1 is 1.38 bits per heavy atom. The molecule has 1 fully saturated rings. The number of carbonyl (C=O) groups is 1. The lowest BCUT2D eigenvalue weighted by atomic mass is 9.87. The quantitative estimate of drug-likeness (QED) is 0.762. The first-order valence-electron chi connectivity index (χ1n) is 8.04. The van der Waals surface area contributed by atoms with E-state index >= 15 is 0 Å². The second-order valence-corrected chi connectivity index (χ2v) is 6.01. The summed E-state index contributed by atoms with van der Waals surface area (Å²) >= 11 is 0. The van der Waals surface area contributed by atoms with Crippen molar-refractivity contribution in [2.45, 2.75) is 24.5 Å². The standard InChI is InChI=1S/C17H21FN4O2/c18-14-4-2-13(3-5-14)15(23)12-20-16(24)17(6-9-19-10-7-17)22-11-1-8-21-22/h1-5,8,11,15,19,23H,6-7,9-10,12H2,(H,20,24). The SMILES string of the molecule is O=C(NCC(O)c1ccc(F)cc1)C1(n2cccn2)CCNCC1. The van der Waals surface area contributed by atoms with Gasteiger partial charge in [0, 0.05) is 18.9 Å². The van der Waals surface area contributed by atoms with E-state index in [1.165, 1.54) is 24.3 Å². The molecule has 0 bridgehead atoms. The Bertz CT molecular complexity index is 666. The van der Waals surface area contributed by atoms with Crippen LogP contribution >= 0.6 is 0 Å². The predicted molar refractivity (Wildman–Crippen MR) is 86.7 cm³/mol. The molecule has 128 valence electrons. The Labute approximate surface area is 139 Å². The summed E-state index contributed by atoms with van der Waals surface area (Å²) in [5.41, 5.74) is -0.174. The average Bonchev–Trinajstić information content (AvgIpc) is 3.15. The van der Waals surface area contributed by atoms with Gasteiger partial charge >= 0.3 is 0 Å². The Hall–Kier alpha value is -2.25. The third kappa shape index (κ3) is 3.32. The van der Waals surface area contributed by atoms with Gasteiger partial charge in [0.1, 0.15) is 11.4 Å². The first kappa shape index (κ1) is 16.6. The molecular formula is C17H21FN4O2. The molecule has 1 saturated heterocycles. The fourth-order valence-corrected chi connectivity index (χ4v) is 3.08. The number of piperidine rings is 1. The molecule has 2 heterocycles. The summed E-state index contributed by atoms with van der Waals surface area (Å²) in [7, 11) is 0. The molecule has 0 spiro atoms. The number of aromatic nitrogens is 2. The highest BCUT2D eigenvalue weighted by Crippen LogP contribution is 2.27. The van der Waals surface area contributed by atoms with Gasteiger partial charge in [-0.3, -0.25) is 9.48 Å². The van der Waals surface area contributed by atoms with Gasteiger partial charge in [0.15, 0.2) is 0 Å². The number of aliphatic hydroxyl groups is 1. The number of carbonyl (C=O) groups excluding carboxylic acids is 1. The van der Waals surface area contributed by atoms with Crippen LogP contribution < -0.4 is 10.6 Å². The molecular weight excluding hydrogens is 311 g/mol. The number of benzene rings is 1. The molecule has 2 aromatic rings. The second-order valence-electron chi connectivity index (χ2n) is 6.01. The molecule has 6 nitrogen and oxygen atoms in total. The maximum absolute atomic E-state index is 12.9. The summed E-state index contributed by atoms with van der Waals surface area (Å²) in [5, 5.41) is 20.5. The van der Waals surface area contributed by atoms with Crippen molar-refractivity contribution in [2.24, 2.45) is 0 Å². The van der Waals surface area contributed by atoms with Crippen LogP contribution in [0.1, 0.15) is 24.5 Å². The first-order valence-corrected chi connectivity index (χ1v) is 8.04. The van der Waals surface area contributed by atoms with Crippen molar-refractivity contribution in [1.82, 2.24) is 20.4 Å². The molecule has 1 aliphatic rings. The van der Waals surface area contributed by atoms with Gasteiger partial charge in [-0.15, -0.1) is 0 Å². The molecule has 0 radical (unpaired) electrons. The van der Waals surface area contributed by atoms with Crippen molar-refractivity contribution in [3.05, 3.63) is 54.1 Å². The van der Waals surface area contributed by atoms with Crippen LogP contribution in [-0.4, -0.2) is 40.4 Å². The summed E-state index contributed by atoms with van der Waals surface area (Å²) in [4.78, 5) is 12.8. The molecule has 1 aliphatic heterocycles. The van der Waals surface area contributed by atoms with Crippen LogP contribution in [0.15, 0.2) is 42.7 Å². The molecule has 0 saturated carbocycles. The van der Waals surface area contributed by atoms with Gasteiger partial charge in [-0.05, 0) is 49.7 Å². The number of amides is 1. The Morgan fingerprint density at radius 2 is 2.08 bits per heavy atom. The maximum atomic E-state index is 12.9. The van der Waals surface area contributed by atoms with Gasteiger partial charge in [-0.2, -0.15) is 5.10 Å². The molecule has 1 aromatic carbocycles. The van der Waals surface area contributed by atoms with Crippen molar-refractivity contribution in [1.29, 1.82) is 0 Å². The minimum Gasteiger partial charge on any atom is -0.387 e. The van der Waals surface area contributed by atoms with Gasteiger partial charge in [0.25, 0.3) is 0 Å². The molecule has 3 rings (SSSR count). The number of halogens is 1. The zero-order valence-corrected chi connectivity index (χ0v) is 13.3. The van der Waals surface area contributed by atoms with Gasteiger partial charge in [0.05, 0.1) is 6.10 Å². The minimum atomic E-state index is -0.883. The molecule has 1 atom stereocenters. The van der Waals surface area contributed by atoms with Crippen molar-refractivity contribution in [3.63, 3.8) is 0 Å². The highest BCUT2D eigenvalue weighted by molar-refractivity contribution is 5.84. The van der Waals surface area contributed by atoms with Gasteiger partial charge in [0.2, 0.25) is 5.91 Å². The Morgan fingerprint density at radius 3 is 2.71 bits per heavy atom.